The SMILES string of the molecule is CO[Si]1(CCC(C)C(=O)OCC(F)(F)F)C[Si](O)O[Si](O)C1. The predicted molar refractivity (Wildman–Crippen MR) is 75.0 cm³/mol. The Morgan fingerprint density at radius 2 is 1.91 bits per heavy atom. The number of alkyl halides is 3. The topological polar surface area (TPSA) is 85.2 Å². The number of ether oxygens (including phenoxy) is 1. The number of hydrogen-bond acceptors (Lipinski definition) is 6. The van der Waals surface area contributed by atoms with Crippen molar-refractivity contribution in [1.82, 2.24) is 0 Å². The molecule has 0 amide bonds. The number of carbonyl (C=O) groups is 1. The second-order valence-corrected chi connectivity index (χ2v) is 13.8. The third-order valence-electron chi connectivity index (χ3n) is 3.43. The number of rotatable bonds is 6. The molecule has 1 aliphatic rings. The van der Waals surface area contributed by atoms with Gasteiger partial charge >= 0.3 is 30.7 Å². The van der Waals surface area contributed by atoms with Gasteiger partial charge in [0.15, 0.2) is 14.9 Å². The molecular weight excluding hydrogens is 357 g/mol. The molecule has 2 N–H and O–H groups in total. The molecule has 0 aromatic heterocycles. The summed E-state index contributed by atoms with van der Waals surface area (Å²) < 4.78 is 50.8. The smallest absolute Gasteiger partial charge is 0.422 e. The summed E-state index contributed by atoms with van der Waals surface area (Å²) in [5.41, 5.74) is 0.737. The molecular formula is C10H19F3O6Si3. The summed E-state index contributed by atoms with van der Waals surface area (Å²) in [7, 11) is -5.10. The molecule has 1 heterocycles. The maximum atomic E-state index is 12.0. The van der Waals surface area contributed by atoms with E-state index in [9.17, 15) is 27.6 Å². The summed E-state index contributed by atoms with van der Waals surface area (Å²) in [5, 5.41) is 0. The summed E-state index contributed by atoms with van der Waals surface area (Å²) in [6, 6.07) is 0.457. The van der Waals surface area contributed by atoms with Crippen LogP contribution < -0.4 is 0 Å². The number of carbonyl (C=O) groups excluding carboxylic acids is 1. The highest BCUT2D eigenvalue weighted by Crippen LogP contribution is 2.31. The van der Waals surface area contributed by atoms with Crippen LogP contribution in [0.4, 0.5) is 13.2 Å². The average molecular weight is 377 g/mol. The van der Waals surface area contributed by atoms with E-state index in [1.807, 2.05) is 0 Å². The highest BCUT2D eigenvalue weighted by atomic mass is 28.5. The molecule has 6 nitrogen and oxygen atoms in total. The molecule has 0 saturated carbocycles. The molecule has 0 spiro atoms. The van der Waals surface area contributed by atoms with Crippen LogP contribution in [0, 0.1) is 5.92 Å². The largest absolute Gasteiger partial charge is 0.456 e. The third-order valence-corrected chi connectivity index (χ3v) is 15.0. The van der Waals surface area contributed by atoms with Gasteiger partial charge in [-0.05, 0) is 12.5 Å². The second-order valence-electron chi connectivity index (χ2n) is 5.29. The van der Waals surface area contributed by atoms with Gasteiger partial charge in [0.2, 0.25) is 0 Å². The van der Waals surface area contributed by atoms with E-state index < -0.39 is 51.6 Å². The second kappa shape index (κ2) is 8.03. The molecule has 0 aromatic rings. The van der Waals surface area contributed by atoms with E-state index >= 15 is 0 Å². The van der Waals surface area contributed by atoms with Crippen molar-refractivity contribution in [2.75, 3.05) is 13.7 Å². The Bertz CT molecular complexity index is 373. The first-order valence-electron chi connectivity index (χ1n) is 6.63. The van der Waals surface area contributed by atoms with Crippen LogP contribution in [0.3, 0.4) is 0 Å². The average Bonchev–Trinajstić information content (AvgIpc) is 2.40. The van der Waals surface area contributed by atoms with Crippen LogP contribution in [0.25, 0.3) is 0 Å². The highest BCUT2D eigenvalue weighted by Gasteiger charge is 2.47. The van der Waals surface area contributed by atoms with Gasteiger partial charge in [0.1, 0.15) is 0 Å². The molecule has 2 radical (unpaired) electrons. The lowest BCUT2D eigenvalue weighted by molar-refractivity contribution is -0.188. The number of halogens is 3. The minimum Gasteiger partial charge on any atom is -0.456 e. The van der Waals surface area contributed by atoms with Crippen molar-refractivity contribution in [2.45, 2.75) is 36.9 Å². The van der Waals surface area contributed by atoms with Gasteiger partial charge in [-0.3, -0.25) is 4.79 Å². The molecule has 0 bridgehead atoms. The summed E-state index contributed by atoms with van der Waals surface area (Å²) in [6.45, 7) is -0.101. The quantitative estimate of drug-likeness (QED) is 0.526. The van der Waals surface area contributed by atoms with Gasteiger partial charge in [0, 0.05) is 18.4 Å². The highest BCUT2D eigenvalue weighted by molar-refractivity contribution is 6.92. The number of hydrogen-bond donors (Lipinski definition) is 2. The first-order valence-corrected chi connectivity index (χ1v) is 12.3. The van der Waals surface area contributed by atoms with Crippen molar-refractivity contribution in [2.24, 2.45) is 5.92 Å². The van der Waals surface area contributed by atoms with Crippen LogP contribution in [-0.2, 0) is 18.1 Å². The van der Waals surface area contributed by atoms with Gasteiger partial charge in [-0.1, -0.05) is 6.92 Å². The zero-order valence-electron chi connectivity index (χ0n) is 12.3. The summed E-state index contributed by atoms with van der Waals surface area (Å²) >= 11 is 0. The minimum absolute atomic E-state index is 0.293. The number of esters is 1. The fourth-order valence-electron chi connectivity index (χ4n) is 2.14. The Kier molecular flexibility index (Phi) is 7.23. The van der Waals surface area contributed by atoms with Gasteiger partial charge in [-0.2, -0.15) is 13.2 Å². The van der Waals surface area contributed by atoms with E-state index in [1.54, 1.807) is 0 Å². The van der Waals surface area contributed by atoms with E-state index in [4.69, 9.17) is 8.54 Å². The van der Waals surface area contributed by atoms with E-state index in [0.717, 1.165) is 0 Å². The Balaban J connectivity index is 2.50. The standard InChI is InChI=1S/C10H19F3O6Si3/c1-8(9(14)18-5-10(11,12)13)3-4-22(17-2)6-20(15)19-21(16)7-22/h8,15-16H,3-7H2,1-2H3. The van der Waals surface area contributed by atoms with Crippen LogP contribution in [0.15, 0.2) is 0 Å². The van der Waals surface area contributed by atoms with Crippen molar-refractivity contribution < 1.29 is 40.8 Å². The maximum absolute atomic E-state index is 12.0. The molecule has 12 heteroatoms. The molecule has 1 rings (SSSR count). The maximum Gasteiger partial charge on any atom is 0.422 e. The molecule has 1 saturated heterocycles. The zero-order chi connectivity index (χ0) is 17.0. The molecule has 1 aliphatic heterocycles. The van der Waals surface area contributed by atoms with Gasteiger partial charge in [-0.15, -0.1) is 0 Å². The van der Waals surface area contributed by atoms with Crippen molar-refractivity contribution in [3.63, 3.8) is 0 Å². The first kappa shape index (κ1) is 19.8. The Hall–Kier alpha value is -0.249. The zero-order valence-corrected chi connectivity index (χ0v) is 15.3. The van der Waals surface area contributed by atoms with E-state index in [-0.39, 0.29) is 0 Å². The minimum atomic E-state index is -4.54. The first-order chi connectivity index (χ1) is 10.1. The Labute approximate surface area is 131 Å². The predicted octanol–water partition coefficient (Wildman–Crippen LogP) is 0.780. The van der Waals surface area contributed by atoms with E-state index in [0.29, 0.717) is 23.8 Å². The lowest BCUT2D eigenvalue weighted by atomic mass is 10.1. The summed E-state index contributed by atoms with van der Waals surface area (Å²) in [6.07, 6.45) is -4.25. The Morgan fingerprint density at radius 3 is 2.36 bits per heavy atom. The van der Waals surface area contributed by atoms with Gasteiger partial charge in [-0.25, -0.2) is 0 Å². The summed E-state index contributed by atoms with van der Waals surface area (Å²) in [4.78, 5) is 30.9. The normalized spacial score (nSPS) is 21.6. The van der Waals surface area contributed by atoms with Crippen LogP contribution in [0.1, 0.15) is 13.3 Å². The monoisotopic (exact) mass is 376 g/mol. The van der Waals surface area contributed by atoms with Gasteiger partial charge in [0.25, 0.3) is 0 Å². The molecule has 22 heavy (non-hydrogen) atoms. The van der Waals surface area contributed by atoms with Gasteiger partial charge in [0.05, 0.1) is 5.92 Å². The van der Waals surface area contributed by atoms with E-state index in [1.165, 1.54) is 14.0 Å². The third kappa shape index (κ3) is 6.47. The van der Waals surface area contributed by atoms with Crippen molar-refractivity contribution in [3.05, 3.63) is 0 Å². The Morgan fingerprint density at radius 1 is 1.36 bits per heavy atom. The molecule has 1 unspecified atom stereocenters. The molecule has 1 atom stereocenters. The van der Waals surface area contributed by atoms with Crippen molar-refractivity contribution in [3.8, 4) is 0 Å². The van der Waals surface area contributed by atoms with Crippen molar-refractivity contribution >= 4 is 32.9 Å². The fourth-order valence-corrected chi connectivity index (χ4v) is 14.9. The fraction of sp³-hybridized carbons (Fsp3) is 0.900. The molecule has 1 fully saturated rings. The molecule has 0 aliphatic carbocycles. The molecule has 128 valence electrons. The lowest BCUT2D eigenvalue weighted by Crippen LogP contribution is -2.53. The van der Waals surface area contributed by atoms with E-state index in [2.05, 4.69) is 4.74 Å². The lowest BCUT2D eigenvalue weighted by Gasteiger charge is -2.36. The molecule has 0 aromatic carbocycles. The van der Waals surface area contributed by atoms with Crippen LogP contribution >= 0.6 is 0 Å². The summed E-state index contributed by atoms with van der Waals surface area (Å²) in [5.74, 6) is -1.61. The van der Waals surface area contributed by atoms with Crippen molar-refractivity contribution in [1.29, 1.82) is 0 Å². The van der Waals surface area contributed by atoms with Crippen LogP contribution in [-0.4, -0.2) is 62.3 Å². The van der Waals surface area contributed by atoms with Crippen LogP contribution in [0.2, 0.25) is 17.4 Å². The van der Waals surface area contributed by atoms with Gasteiger partial charge < -0.3 is 22.9 Å². The van der Waals surface area contributed by atoms with Crippen LogP contribution in [0.5, 0.6) is 0 Å².